The molecule has 6 nitrogen and oxygen atoms in total. The van der Waals surface area contributed by atoms with Crippen LogP contribution in [0.3, 0.4) is 0 Å². The molecule has 0 aromatic heterocycles. The summed E-state index contributed by atoms with van der Waals surface area (Å²) >= 11 is 0. The molecule has 204 valence electrons. The number of aliphatic hydroxyl groups is 1. The van der Waals surface area contributed by atoms with Crippen LogP contribution < -0.4 is 10.1 Å². The van der Waals surface area contributed by atoms with Gasteiger partial charge in [0.25, 0.3) is 0 Å². The first-order valence-electron chi connectivity index (χ1n) is 13.3. The third-order valence-corrected chi connectivity index (χ3v) is 7.29. The van der Waals surface area contributed by atoms with Crippen molar-refractivity contribution in [3.05, 3.63) is 59.9 Å². The fraction of sp³-hybridized carbons (Fsp3) is 0.567. The van der Waals surface area contributed by atoms with Crippen LogP contribution in [-0.4, -0.2) is 56.3 Å². The summed E-state index contributed by atoms with van der Waals surface area (Å²) in [6, 6.07) is 13.4. The molecule has 2 atom stereocenters. The summed E-state index contributed by atoms with van der Waals surface area (Å²) in [5.74, 6) is 0.700. The SMILES string of the molecule is CNCC(C)(C)CC(=O)N1CCC[C@@H]([C@@](O)(CCCCOC)c2ccccc2Oc2ccc(F)cc2)C1. The van der Waals surface area contributed by atoms with Crippen LogP contribution in [0.25, 0.3) is 0 Å². The molecule has 1 saturated heterocycles. The lowest BCUT2D eigenvalue weighted by molar-refractivity contribution is -0.138. The molecule has 37 heavy (non-hydrogen) atoms. The van der Waals surface area contributed by atoms with E-state index in [9.17, 15) is 14.3 Å². The Morgan fingerprint density at radius 2 is 1.89 bits per heavy atom. The lowest BCUT2D eigenvalue weighted by Crippen LogP contribution is -2.49. The molecule has 0 radical (unpaired) electrons. The zero-order valence-electron chi connectivity index (χ0n) is 22.8. The monoisotopic (exact) mass is 514 g/mol. The number of nitrogens with zero attached hydrogens (tertiary/aromatic N) is 1. The Kier molecular flexibility index (Phi) is 10.5. The van der Waals surface area contributed by atoms with E-state index in [2.05, 4.69) is 19.2 Å². The lowest BCUT2D eigenvalue weighted by atomic mass is 9.73. The van der Waals surface area contributed by atoms with E-state index in [1.54, 1.807) is 19.2 Å². The summed E-state index contributed by atoms with van der Waals surface area (Å²) in [4.78, 5) is 15.2. The van der Waals surface area contributed by atoms with E-state index in [4.69, 9.17) is 9.47 Å². The third kappa shape index (κ3) is 8.00. The van der Waals surface area contributed by atoms with Crippen LogP contribution in [0.5, 0.6) is 11.5 Å². The normalized spacial score (nSPS) is 17.9. The Morgan fingerprint density at radius 1 is 1.16 bits per heavy atom. The summed E-state index contributed by atoms with van der Waals surface area (Å²) in [6.45, 7) is 6.78. The second kappa shape index (κ2) is 13.4. The number of rotatable bonds is 13. The standard InChI is InChI=1S/C30H43FN2O4/c1-29(2,22-32-3)20-28(34)33-18-9-10-23(21-33)30(35,17-7-8-19-36-4)26-11-5-6-12-27(26)37-25-15-13-24(31)14-16-25/h5-6,11-16,23,32,35H,7-10,17-22H2,1-4H3/t23-,30+/m1/s1. The van der Waals surface area contributed by atoms with Crippen molar-refractivity contribution in [3.8, 4) is 11.5 Å². The maximum Gasteiger partial charge on any atom is 0.223 e. The van der Waals surface area contributed by atoms with Gasteiger partial charge in [0.1, 0.15) is 17.3 Å². The van der Waals surface area contributed by atoms with Gasteiger partial charge in [0.2, 0.25) is 5.91 Å². The second-order valence-corrected chi connectivity index (χ2v) is 11.0. The van der Waals surface area contributed by atoms with E-state index < -0.39 is 5.60 Å². The van der Waals surface area contributed by atoms with Crippen molar-refractivity contribution in [1.29, 1.82) is 0 Å². The number of para-hydroxylation sites is 1. The fourth-order valence-electron chi connectivity index (χ4n) is 5.40. The number of likely N-dealkylation sites (tertiary alicyclic amines) is 1. The van der Waals surface area contributed by atoms with Gasteiger partial charge in [-0.05, 0) is 74.9 Å². The largest absolute Gasteiger partial charge is 0.457 e. The molecule has 2 aromatic rings. The van der Waals surface area contributed by atoms with Gasteiger partial charge in [0.15, 0.2) is 0 Å². The van der Waals surface area contributed by atoms with Crippen molar-refractivity contribution in [2.45, 2.75) is 58.0 Å². The first-order chi connectivity index (χ1) is 17.7. The van der Waals surface area contributed by atoms with Gasteiger partial charge in [0, 0.05) is 51.3 Å². The predicted molar refractivity (Wildman–Crippen MR) is 144 cm³/mol. The van der Waals surface area contributed by atoms with Gasteiger partial charge in [-0.15, -0.1) is 0 Å². The molecule has 1 heterocycles. The third-order valence-electron chi connectivity index (χ3n) is 7.29. The van der Waals surface area contributed by atoms with Crippen LogP contribution in [0.1, 0.15) is 57.9 Å². The summed E-state index contributed by atoms with van der Waals surface area (Å²) in [6.07, 6.45) is 4.23. The first kappa shape index (κ1) is 29.1. The Bertz CT molecular complexity index is 997. The van der Waals surface area contributed by atoms with Crippen molar-refractivity contribution < 1.29 is 23.8 Å². The van der Waals surface area contributed by atoms with Gasteiger partial charge < -0.3 is 24.8 Å². The molecule has 1 amide bonds. The maximum atomic E-state index is 13.4. The molecule has 0 spiro atoms. The highest BCUT2D eigenvalue weighted by Crippen LogP contribution is 2.44. The molecule has 1 aliphatic rings. The van der Waals surface area contributed by atoms with Crippen LogP contribution in [0, 0.1) is 17.2 Å². The molecule has 0 unspecified atom stereocenters. The molecule has 7 heteroatoms. The number of carbonyl (C=O) groups excluding carboxylic acids is 1. The molecule has 1 fully saturated rings. The lowest BCUT2D eigenvalue weighted by Gasteiger charge is -2.44. The van der Waals surface area contributed by atoms with Crippen LogP contribution in [-0.2, 0) is 15.1 Å². The number of benzene rings is 2. The number of hydrogen-bond donors (Lipinski definition) is 2. The highest BCUT2D eigenvalue weighted by Gasteiger charge is 2.43. The number of amides is 1. The summed E-state index contributed by atoms with van der Waals surface area (Å²) in [5, 5.41) is 15.6. The predicted octanol–water partition coefficient (Wildman–Crippen LogP) is 5.50. The minimum Gasteiger partial charge on any atom is -0.457 e. The molecular formula is C30H43FN2O4. The molecule has 2 aromatic carbocycles. The van der Waals surface area contributed by atoms with Crippen LogP contribution >= 0.6 is 0 Å². The van der Waals surface area contributed by atoms with Gasteiger partial charge >= 0.3 is 0 Å². The van der Waals surface area contributed by atoms with E-state index in [0.717, 1.165) is 32.2 Å². The Labute approximate surface area is 221 Å². The average molecular weight is 515 g/mol. The average Bonchev–Trinajstić information content (AvgIpc) is 2.88. The highest BCUT2D eigenvalue weighted by atomic mass is 19.1. The smallest absolute Gasteiger partial charge is 0.223 e. The minimum absolute atomic E-state index is 0.127. The van der Waals surface area contributed by atoms with Crippen LogP contribution in [0.2, 0.25) is 0 Å². The fourth-order valence-corrected chi connectivity index (χ4v) is 5.40. The van der Waals surface area contributed by atoms with Gasteiger partial charge in [-0.25, -0.2) is 4.39 Å². The Morgan fingerprint density at radius 3 is 2.59 bits per heavy atom. The number of halogens is 1. The number of ether oxygens (including phenoxy) is 2. The summed E-state index contributed by atoms with van der Waals surface area (Å²) in [5.41, 5.74) is -0.638. The molecular weight excluding hydrogens is 471 g/mol. The van der Waals surface area contributed by atoms with E-state index in [0.29, 0.717) is 49.6 Å². The molecule has 0 aliphatic carbocycles. The quantitative estimate of drug-likeness (QED) is 0.346. The molecule has 2 N–H and O–H groups in total. The van der Waals surface area contributed by atoms with Crippen LogP contribution in [0.15, 0.2) is 48.5 Å². The van der Waals surface area contributed by atoms with E-state index in [-0.39, 0.29) is 23.1 Å². The molecule has 0 bridgehead atoms. The number of methoxy groups -OCH3 is 1. The number of piperidine rings is 1. The van der Waals surface area contributed by atoms with E-state index in [1.807, 2.05) is 36.2 Å². The maximum absolute atomic E-state index is 13.4. The number of carbonyl (C=O) groups is 1. The highest BCUT2D eigenvalue weighted by molar-refractivity contribution is 5.77. The van der Waals surface area contributed by atoms with E-state index >= 15 is 0 Å². The van der Waals surface area contributed by atoms with Crippen molar-refractivity contribution >= 4 is 5.91 Å². The second-order valence-electron chi connectivity index (χ2n) is 11.0. The molecule has 3 rings (SSSR count). The van der Waals surface area contributed by atoms with Gasteiger partial charge in [-0.1, -0.05) is 32.0 Å². The van der Waals surface area contributed by atoms with Crippen molar-refractivity contribution in [3.63, 3.8) is 0 Å². The summed E-state index contributed by atoms with van der Waals surface area (Å²) < 4.78 is 24.8. The topological polar surface area (TPSA) is 71.0 Å². The Hall–Kier alpha value is -2.48. The number of nitrogens with one attached hydrogen (secondary N) is 1. The van der Waals surface area contributed by atoms with Crippen molar-refractivity contribution in [2.24, 2.45) is 11.3 Å². The molecule has 1 aliphatic heterocycles. The van der Waals surface area contributed by atoms with Gasteiger partial charge in [0.05, 0.1) is 5.60 Å². The van der Waals surface area contributed by atoms with Crippen molar-refractivity contribution in [1.82, 2.24) is 10.2 Å². The minimum atomic E-state index is -1.19. The first-order valence-corrected chi connectivity index (χ1v) is 13.3. The molecule has 0 saturated carbocycles. The number of unbranched alkanes of at least 4 members (excludes halogenated alkanes) is 1. The zero-order chi connectivity index (χ0) is 26.9. The van der Waals surface area contributed by atoms with Crippen molar-refractivity contribution in [2.75, 3.05) is 40.4 Å². The number of hydrogen-bond acceptors (Lipinski definition) is 5. The summed E-state index contributed by atoms with van der Waals surface area (Å²) in [7, 11) is 3.58. The van der Waals surface area contributed by atoms with Gasteiger partial charge in [-0.3, -0.25) is 4.79 Å². The Balaban J connectivity index is 1.88. The zero-order valence-corrected chi connectivity index (χ0v) is 22.8. The van der Waals surface area contributed by atoms with E-state index in [1.165, 1.54) is 12.1 Å². The van der Waals surface area contributed by atoms with Crippen LogP contribution in [0.4, 0.5) is 4.39 Å². The van der Waals surface area contributed by atoms with Gasteiger partial charge in [-0.2, -0.15) is 0 Å².